The van der Waals surface area contributed by atoms with Gasteiger partial charge in [-0.15, -0.1) is 0 Å². The zero-order valence-electron chi connectivity index (χ0n) is 9.32. The molecule has 1 aromatic rings. The molecule has 2 rings (SSSR count). The molecule has 1 amide bonds. The third-order valence-electron chi connectivity index (χ3n) is 3.15. The Labute approximate surface area is 94.9 Å². The maximum atomic E-state index is 11.8. The van der Waals surface area contributed by atoms with Gasteiger partial charge in [-0.3, -0.25) is 9.59 Å². The molecule has 0 bridgehead atoms. The van der Waals surface area contributed by atoms with Crippen molar-refractivity contribution in [3.8, 4) is 0 Å². The minimum atomic E-state index is -0.700. The number of benzene rings is 1. The zero-order chi connectivity index (χ0) is 11.6. The Morgan fingerprint density at radius 1 is 1.25 bits per heavy atom. The van der Waals surface area contributed by atoms with Gasteiger partial charge in [0, 0.05) is 6.54 Å². The van der Waals surface area contributed by atoms with Crippen molar-refractivity contribution in [3.05, 3.63) is 35.9 Å². The molecule has 1 aliphatic carbocycles. The van der Waals surface area contributed by atoms with Crippen molar-refractivity contribution in [2.75, 3.05) is 0 Å². The molecular weight excluding hydrogens is 202 g/mol. The monoisotopic (exact) mass is 217 g/mol. The summed E-state index contributed by atoms with van der Waals surface area (Å²) >= 11 is 0. The minimum Gasteiger partial charge on any atom is -0.351 e. The van der Waals surface area contributed by atoms with Crippen LogP contribution in [0.1, 0.15) is 25.3 Å². The summed E-state index contributed by atoms with van der Waals surface area (Å²) in [6.07, 6.45) is 1.39. The van der Waals surface area contributed by atoms with E-state index in [0.717, 1.165) is 5.56 Å². The number of Topliss-reactive ketones (excluding diaryl/α,β-unsaturated/α-hetero) is 1. The lowest BCUT2D eigenvalue weighted by Crippen LogP contribution is -2.35. The van der Waals surface area contributed by atoms with E-state index in [-0.39, 0.29) is 11.7 Å². The summed E-state index contributed by atoms with van der Waals surface area (Å²) in [5.41, 5.74) is 0.351. The highest BCUT2D eigenvalue weighted by Gasteiger charge is 2.53. The molecule has 1 N–H and O–H groups in total. The van der Waals surface area contributed by atoms with Crippen LogP contribution in [0.15, 0.2) is 30.3 Å². The van der Waals surface area contributed by atoms with Gasteiger partial charge < -0.3 is 5.32 Å². The predicted molar refractivity (Wildman–Crippen MR) is 60.6 cm³/mol. The molecule has 1 aliphatic rings. The number of rotatable bonds is 4. The van der Waals surface area contributed by atoms with Crippen LogP contribution in [0.5, 0.6) is 0 Å². The number of carbonyl (C=O) groups excluding carboxylic acids is 2. The lowest BCUT2D eigenvalue weighted by atomic mass is 10.0. The number of ketones is 1. The molecule has 3 heteroatoms. The molecule has 1 fully saturated rings. The SMILES string of the molecule is CC(=O)C1(C(=O)NCc2ccccc2)CC1. The van der Waals surface area contributed by atoms with Crippen LogP contribution in [0.3, 0.4) is 0 Å². The molecule has 0 aliphatic heterocycles. The van der Waals surface area contributed by atoms with Gasteiger partial charge in [-0.2, -0.15) is 0 Å². The first-order valence-corrected chi connectivity index (χ1v) is 5.48. The van der Waals surface area contributed by atoms with Crippen molar-refractivity contribution >= 4 is 11.7 Å². The Bertz CT molecular complexity index is 407. The first-order chi connectivity index (χ1) is 7.65. The van der Waals surface area contributed by atoms with Crippen molar-refractivity contribution in [3.63, 3.8) is 0 Å². The van der Waals surface area contributed by atoms with Crippen LogP contribution < -0.4 is 5.32 Å². The lowest BCUT2D eigenvalue weighted by molar-refractivity contribution is -0.134. The van der Waals surface area contributed by atoms with Crippen LogP contribution in [-0.4, -0.2) is 11.7 Å². The summed E-state index contributed by atoms with van der Waals surface area (Å²) in [5.74, 6) is -0.137. The Balaban J connectivity index is 1.92. The fraction of sp³-hybridized carbons (Fsp3) is 0.385. The van der Waals surface area contributed by atoms with Crippen LogP contribution in [0.25, 0.3) is 0 Å². The largest absolute Gasteiger partial charge is 0.351 e. The van der Waals surface area contributed by atoms with Gasteiger partial charge in [-0.1, -0.05) is 30.3 Å². The van der Waals surface area contributed by atoms with E-state index in [0.29, 0.717) is 19.4 Å². The highest BCUT2D eigenvalue weighted by atomic mass is 16.2. The Morgan fingerprint density at radius 3 is 2.38 bits per heavy atom. The molecule has 0 aromatic heterocycles. The molecule has 0 unspecified atom stereocenters. The fourth-order valence-electron chi connectivity index (χ4n) is 1.81. The second kappa shape index (κ2) is 4.08. The highest BCUT2D eigenvalue weighted by molar-refractivity contribution is 6.07. The van der Waals surface area contributed by atoms with Crippen LogP contribution in [-0.2, 0) is 16.1 Å². The van der Waals surface area contributed by atoms with Crippen LogP contribution in [0.2, 0.25) is 0 Å². The number of amides is 1. The third-order valence-corrected chi connectivity index (χ3v) is 3.15. The molecule has 16 heavy (non-hydrogen) atoms. The van der Waals surface area contributed by atoms with Gasteiger partial charge >= 0.3 is 0 Å². The van der Waals surface area contributed by atoms with Crippen molar-refractivity contribution in [1.29, 1.82) is 0 Å². The number of hydrogen-bond acceptors (Lipinski definition) is 2. The number of carbonyl (C=O) groups is 2. The first-order valence-electron chi connectivity index (χ1n) is 5.48. The van der Waals surface area contributed by atoms with Gasteiger partial charge in [-0.25, -0.2) is 0 Å². The van der Waals surface area contributed by atoms with Crippen molar-refractivity contribution in [2.24, 2.45) is 5.41 Å². The standard InChI is InChI=1S/C13H15NO2/c1-10(15)13(7-8-13)12(16)14-9-11-5-3-2-4-6-11/h2-6H,7-9H2,1H3,(H,14,16). The van der Waals surface area contributed by atoms with Crippen molar-refractivity contribution in [1.82, 2.24) is 5.32 Å². The maximum Gasteiger partial charge on any atom is 0.233 e. The smallest absolute Gasteiger partial charge is 0.233 e. The molecule has 0 heterocycles. The average Bonchev–Trinajstić information content (AvgIpc) is 3.08. The average molecular weight is 217 g/mol. The molecule has 84 valence electrons. The second-order valence-corrected chi connectivity index (χ2v) is 4.31. The normalized spacial score (nSPS) is 16.6. The van der Waals surface area contributed by atoms with E-state index in [9.17, 15) is 9.59 Å². The molecule has 0 atom stereocenters. The Morgan fingerprint density at radius 2 is 1.88 bits per heavy atom. The fourth-order valence-corrected chi connectivity index (χ4v) is 1.81. The summed E-state index contributed by atoms with van der Waals surface area (Å²) < 4.78 is 0. The molecule has 3 nitrogen and oxygen atoms in total. The quantitative estimate of drug-likeness (QED) is 0.780. The van der Waals surface area contributed by atoms with Gasteiger partial charge in [0.25, 0.3) is 0 Å². The van der Waals surface area contributed by atoms with Gasteiger partial charge in [0.15, 0.2) is 0 Å². The van der Waals surface area contributed by atoms with E-state index in [1.54, 1.807) is 0 Å². The highest BCUT2D eigenvalue weighted by Crippen LogP contribution is 2.46. The summed E-state index contributed by atoms with van der Waals surface area (Å²) in [7, 11) is 0. The number of nitrogens with one attached hydrogen (secondary N) is 1. The topological polar surface area (TPSA) is 46.2 Å². The van der Waals surface area contributed by atoms with E-state index in [1.165, 1.54) is 6.92 Å². The van der Waals surface area contributed by atoms with Gasteiger partial charge in [0.05, 0.1) is 0 Å². The molecular formula is C13H15NO2. The third kappa shape index (κ3) is 1.98. The van der Waals surface area contributed by atoms with Crippen LogP contribution >= 0.6 is 0 Å². The lowest BCUT2D eigenvalue weighted by Gasteiger charge is -2.11. The van der Waals surface area contributed by atoms with Crippen LogP contribution in [0.4, 0.5) is 0 Å². The van der Waals surface area contributed by atoms with Gasteiger partial charge in [0.2, 0.25) is 5.91 Å². The summed E-state index contributed by atoms with van der Waals surface area (Å²) in [6, 6.07) is 9.70. The number of hydrogen-bond donors (Lipinski definition) is 1. The van der Waals surface area contributed by atoms with Gasteiger partial charge in [0.1, 0.15) is 11.2 Å². The predicted octanol–water partition coefficient (Wildman–Crippen LogP) is 1.67. The molecule has 0 radical (unpaired) electrons. The van der Waals surface area contributed by atoms with E-state index in [2.05, 4.69) is 5.32 Å². The Kier molecular flexibility index (Phi) is 2.77. The van der Waals surface area contributed by atoms with E-state index in [4.69, 9.17) is 0 Å². The summed E-state index contributed by atoms with van der Waals surface area (Å²) in [6.45, 7) is 1.99. The molecule has 1 saturated carbocycles. The molecule has 0 spiro atoms. The zero-order valence-corrected chi connectivity index (χ0v) is 9.32. The molecule has 0 saturated heterocycles. The van der Waals surface area contributed by atoms with E-state index >= 15 is 0 Å². The van der Waals surface area contributed by atoms with Crippen LogP contribution in [0, 0.1) is 5.41 Å². The summed E-state index contributed by atoms with van der Waals surface area (Å²) in [4.78, 5) is 23.1. The molecule has 1 aromatic carbocycles. The minimum absolute atomic E-state index is 0.0157. The van der Waals surface area contributed by atoms with Crippen molar-refractivity contribution < 1.29 is 9.59 Å². The Hall–Kier alpha value is -1.64. The summed E-state index contributed by atoms with van der Waals surface area (Å²) in [5, 5.41) is 2.82. The first kappa shape index (κ1) is 10.9. The second-order valence-electron chi connectivity index (χ2n) is 4.31. The van der Waals surface area contributed by atoms with E-state index < -0.39 is 5.41 Å². The maximum absolute atomic E-state index is 11.8. The van der Waals surface area contributed by atoms with Crippen molar-refractivity contribution in [2.45, 2.75) is 26.3 Å². The van der Waals surface area contributed by atoms with Gasteiger partial charge in [-0.05, 0) is 25.3 Å². The van der Waals surface area contributed by atoms with E-state index in [1.807, 2.05) is 30.3 Å².